The van der Waals surface area contributed by atoms with Gasteiger partial charge in [-0.1, -0.05) is 0 Å². The van der Waals surface area contributed by atoms with E-state index in [1.54, 1.807) is 0 Å². The number of carbonyl (C=O) groups excluding carboxylic acids is 2. The Morgan fingerprint density at radius 1 is 1.42 bits per heavy atom. The molecule has 0 aromatic rings. The maximum absolute atomic E-state index is 12.6. The van der Waals surface area contributed by atoms with Gasteiger partial charge in [-0.3, -0.25) is 18.6 Å². The number of urea groups is 1. The van der Waals surface area contributed by atoms with E-state index in [9.17, 15) is 22.4 Å². The summed E-state index contributed by atoms with van der Waals surface area (Å²) < 4.78 is 47.3. The number of hydroxylamine groups is 3. The summed E-state index contributed by atoms with van der Waals surface area (Å²) in [6, 6.07) is -2.26. The first-order valence-electron chi connectivity index (χ1n) is 8.26. The van der Waals surface area contributed by atoms with E-state index in [0.717, 1.165) is 0 Å². The van der Waals surface area contributed by atoms with Gasteiger partial charge in [-0.25, -0.2) is 10.3 Å². The number of carbonyl (C=O) groups is 2. The van der Waals surface area contributed by atoms with Gasteiger partial charge in [-0.2, -0.15) is 13.5 Å². The Labute approximate surface area is 149 Å². The number of amides is 3. The second kappa shape index (κ2) is 7.60. The molecule has 2 unspecified atom stereocenters. The van der Waals surface area contributed by atoms with Crippen LogP contribution in [0.3, 0.4) is 0 Å². The molecule has 148 valence electrons. The number of alkyl halides is 1. The third-order valence-electron chi connectivity index (χ3n) is 4.79. The van der Waals surface area contributed by atoms with Gasteiger partial charge in [0.25, 0.3) is 5.91 Å². The summed E-state index contributed by atoms with van der Waals surface area (Å²) in [6.07, 6.45) is 1.24. The van der Waals surface area contributed by atoms with Gasteiger partial charge in [0.2, 0.25) is 0 Å². The van der Waals surface area contributed by atoms with Crippen molar-refractivity contribution in [1.29, 1.82) is 0 Å². The van der Waals surface area contributed by atoms with Crippen LogP contribution in [0.25, 0.3) is 0 Å². The Morgan fingerprint density at radius 2 is 2.19 bits per heavy atom. The highest BCUT2D eigenvalue weighted by Crippen LogP contribution is 2.30. The number of halogens is 1. The van der Waals surface area contributed by atoms with Crippen molar-refractivity contribution >= 4 is 22.3 Å². The molecule has 26 heavy (non-hydrogen) atoms. The Hall–Kier alpha value is -1.54. The van der Waals surface area contributed by atoms with Crippen LogP contribution in [0.2, 0.25) is 0 Å². The fraction of sp³-hybridized carbons (Fsp3) is 0.846. The van der Waals surface area contributed by atoms with Crippen molar-refractivity contribution in [3.05, 3.63) is 0 Å². The average molecular weight is 396 g/mol. The van der Waals surface area contributed by atoms with E-state index in [0.29, 0.717) is 30.9 Å². The highest BCUT2D eigenvalue weighted by molar-refractivity contribution is 7.80. The summed E-state index contributed by atoms with van der Waals surface area (Å²) in [5.41, 5.74) is 2.29. The molecule has 2 bridgehead atoms. The molecule has 0 radical (unpaired) electrons. The number of nitrogens with one attached hydrogen (secondary N) is 2. The Morgan fingerprint density at radius 3 is 2.85 bits per heavy atom. The van der Waals surface area contributed by atoms with E-state index >= 15 is 0 Å². The van der Waals surface area contributed by atoms with Crippen molar-refractivity contribution in [3.8, 4) is 0 Å². The van der Waals surface area contributed by atoms with E-state index in [4.69, 9.17) is 9.39 Å². The molecular formula is C13H21FN4O7S. The lowest BCUT2D eigenvalue weighted by Crippen LogP contribution is -2.50. The molecule has 13 heteroatoms. The van der Waals surface area contributed by atoms with Crippen LogP contribution in [-0.4, -0.2) is 79.4 Å². The first kappa shape index (κ1) is 19.2. The minimum absolute atomic E-state index is 0.0504. The van der Waals surface area contributed by atoms with Gasteiger partial charge in [0.05, 0.1) is 19.3 Å². The molecule has 0 aromatic heterocycles. The van der Waals surface area contributed by atoms with E-state index in [1.807, 2.05) is 0 Å². The van der Waals surface area contributed by atoms with Gasteiger partial charge >= 0.3 is 16.4 Å². The molecule has 0 aromatic carbocycles. The zero-order valence-corrected chi connectivity index (χ0v) is 14.7. The van der Waals surface area contributed by atoms with Crippen LogP contribution in [0.1, 0.15) is 19.3 Å². The van der Waals surface area contributed by atoms with Crippen LogP contribution in [0, 0.1) is 5.92 Å². The standard InChI is InChI=1S/C13H21FN4O7S/c14-4-8-3-9(15-5-8)7-24-16-12(19)11-2-1-10-6-17(11)13(20)18(10)25-26(21,22)23/h8-11,15H,1-7H2,(H,16,19)(H,21,22,23)/t8-,9+,10?,11?/m1/s1. The van der Waals surface area contributed by atoms with Gasteiger partial charge in [-0.15, -0.1) is 4.28 Å². The highest BCUT2D eigenvalue weighted by atomic mass is 32.3. The molecule has 3 saturated heterocycles. The third kappa shape index (κ3) is 4.23. The molecular weight excluding hydrogens is 375 g/mol. The van der Waals surface area contributed by atoms with Crippen molar-refractivity contribution in [2.45, 2.75) is 37.4 Å². The largest absolute Gasteiger partial charge is 0.418 e. The molecule has 3 amide bonds. The monoisotopic (exact) mass is 396 g/mol. The molecule has 3 aliphatic heterocycles. The lowest BCUT2D eigenvalue weighted by Gasteiger charge is -2.29. The number of rotatable bonds is 7. The molecule has 3 fully saturated rings. The Bertz CT molecular complexity index is 663. The van der Waals surface area contributed by atoms with Gasteiger partial charge in [0.15, 0.2) is 0 Å². The van der Waals surface area contributed by atoms with E-state index < -0.39 is 41.1 Å². The second-order valence-electron chi connectivity index (χ2n) is 6.65. The zero-order chi connectivity index (χ0) is 18.9. The van der Waals surface area contributed by atoms with E-state index in [-0.39, 0.29) is 25.1 Å². The number of piperidine rings is 1. The molecule has 3 rings (SSSR count). The fourth-order valence-corrected chi connectivity index (χ4v) is 3.92. The van der Waals surface area contributed by atoms with E-state index in [2.05, 4.69) is 15.1 Å². The van der Waals surface area contributed by atoms with Crippen molar-refractivity contribution in [2.75, 3.05) is 26.4 Å². The molecule has 0 spiro atoms. The maximum atomic E-state index is 12.6. The highest BCUT2D eigenvalue weighted by Gasteiger charge is 2.49. The predicted molar refractivity (Wildman–Crippen MR) is 83.4 cm³/mol. The van der Waals surface area contributed by atoms with Crippen LogP contribution >= 0.6 is 0 Å². The first-order chi connectivity index (χ1) is 12.3. The molecule has 4 atom stereocenters. The SMILES string of the molecule is O=C(NOC[C@@H]1C[C@H](CF)CN1)C1CCC2CN1C(=O)N2OS(=O)(=O)O. The normalized spacial score (nSPS) is 31.5. The van der Waals surface area contributed by atoms with Crippen LogP contribution in [0.5, 0.6) is 0 Å². The van der Waals surface area contributed by atoms with Gasteiger partial charge in [0, 0.05) is 25.0 Å². The van der Waals surface area contributed by atoms with Gasteiger partial charge in [0.1, 0.15) is 6.04 Å². The number of fused-ring (bicyclic) bond motifs is 2. The third-order valence-corrected chi connectivity index (χ3v) is 5.14. The number of nitrogens with zero attached hydrogens (tertiary/aromatic N) is 2. The Balaban J connectivity index is 1.49. The van der Waals surface area contributed by atoms with Crippen molar-refractivity contribution < 1.29 is 36.1 Å². The van der Waals surface area contributed by atoms with Crippen molar-refractivity contribution in [1.82, 2.24) is 20.8 Å². The van der Waals surface area contributed by atoms with Crippen LogP contribution in [-0.2, 0) is 24.3 Å². The van der Waals surface area contributed by atoms with Crippen LogP contribution < -0.4 is 10.8 Å². The van der Waals surface area contributed by atoms with Gasteiger partial charge in [-0.05, 0) is 19.3 Å². The van der Waals surface area contributed by atoms with E-state index in [1.165, 1.54) is 4.90 Å². The number of hydrogen-bond acceptors (Lipinski definition) is 7. The maximum Gasteiger partial charge on any atom is 0.418 e. The summed E-state index contributed by atoms with van der Waals surface area (Å²) in [5, 5.41) is 3.66. The van der Waals surface area contributed by atoms with Crippen molar-refractivity contribution in [3.63, 3.8) is 0 Å². The molecule has 11 nitrogen and oxygen atoms in total. The molecule has 3 aliphatic rings. The Kier molecular flexibility index (Phi) is 5.62. The summed E-state index contributed by atoms with van der Waals surface area (Å²) in [6.45, 7) is 0.436. The quantitative estimate of drug-likeness (QED) is 0.367. The fourth-order valence-electron chi connectivity index (χ4n) is 3.53. The number of hydrogen-bond donors (Lipinski definition) is 3. The summed E-state index contributed by atoms with van der Waals surface area (Å²) in [5.74, 6) is -0.587. The summed E-state index contributed by atoms with van der Waals surface area (Å²) >= 11 is 0. The minimum atomic E-state index is -4.83. The van der Waals surface area contributed by atoms with Gasteiger partial charge < -0.3 is 10.2 Å². The molecule has 3 heterocycles. The lowest BCUT2D eigenvalue weighted by atomic mass is 10.0. The molecule has 0 saturated carbocycles. The zero-order valence-electron chi connectivity index (χ0n) is 13.8. The summed E-state index contributed by atoms with van der Waals surface area (Å²) in [7, 11) is -4.83. The van der Waals surface area contributed by atoms with Crippen LogP contribution in [0.4, 0.5) is 9.18 Å². The smallest absolute Gasteiger partial charge is 0.311 e. The first-order valence-corrected chi connectivity index (χ1v) is 9.63. The average Bonchev–Trinajstić information content (AvgIpc) is 3.13. The predicted octanol–water partition coefficient (Wildman–Crippen LogP) is -1.02. The molecule has 0 aliphatic carbocycles. The lowest BCUT2D eigenvalue weighted by molar-refractivity contribution is -0.139. The minimum Gasteiger partial charge on any atom is -0.311 e. The molecule has 3 N–H and O–H groups in total. The van der Waals surface area contributed by atoms with Crippen LogP contribution in [0.15, 0.2) is 0 Å². The topological polar surface area (TPSA) is 138 Å². The second-order valence-corrected chi connectivity index (χ2v) is 7.65. The summed E-state index contributed by atoms with van der Waals surface area (Å²) in [4.78, 5) is 30.8. The van der Waals surface area contributed by atoms with Crippen molar-refractivity contribution in [2.24, 2.45) is 5.92 Å².